The minimum absolute atomic E-state index is 0.480. The van der Waals surface area contributed by atoms with Crippen molar-refractivity contribution < 1.29 is 0 Å². The van der Waals surface area contributed by atoms with Crippen LogP contribution < -0.4 is 16.0 Å². The Kier molecular flexibility index (Phi) is 10.8. The van der Waals surface area contributed by atoms with E-state index in [2.05, 4.69) is 102 Å². The van der Waals surface area contributed by atoms with Crippen LogP contribution in [0.5, 0.6) is 0 Å². The molecule has 0 saturated carbocycles. The summed E-state index contributed by atoms with van der Waals surface area (Å²) in [7, 11) is 2.02. The van der Waals surface area contributed by atoms with E-state index in [9.17, 15) is 0 Å². The van der Waals surface area contributed by atoms with Crippen molar-refractivity contribution in [1.82, 2.24) is 20.9 Å². The van der Waals surface area contributed by atoms with Crippen molar-refractivity contribution in [1.29, 1.82) is 0 Å². The number of hydrogen-bond acceptors (Lipinski definition) is 5. The summed E-state index contributed by atoms with van der Waals surface area (Å²) in [6.45, 7) is 16.3. The van der Waals surface area contributed by atoms with Gasteiger partial charge in [0.15, 0.2) is 0 Å². The van der Waals surface area contributed by atoms with E-state index in [0.717, 1.165) is 56.8 Å². The molecule has 0 aromatic heterocycles. The highest BCUT2D eigenvalue weighted by molar-refractivity contribution is 5.37. The second kappa shape index (κ2) is 14.1. The van der Waals surface area contributed by atoms with Crippen molar-refractivity contribution in [3.63, 3.8) is 0 Å². The van der Waals surface area contributed by atoms with Gasteiger partial charge in [-0.2, -0.15) is 0 Å². The molecular weight excluding hydrogens is 430 g/mol. The summed E-state index contributed by atoms with van der Waals surface area (Å²) in [5, 5.41) is 10.5. The van der Waals surface area contributed by atoms with Gasteiger partial charge in [0.1, 0.15) is 5.70 Å². The highest BCUT2D eigenvalue weighted by Gasteiger charge is 2.21. The molecule has 3 N–H and O–H groups in total. The second-order valence-electron chi connectivity index (χ2n) is 10.0. The van der Waals surface area contributed by atoms with Crippen LogP contribution in [0.4, 0.5) is 0 Å². The predicted molar refractivity (Wildman–Crippen MR) is 150 cm³/mol. The summed E-state index contributed by atoms with van der Waals surface area (Å²) in [5.74, 6) is 1.05. The highest BCUT2D eigenvalue weighted by Crippen LogP contribution is 2.25. The van der Waals surface area contributed by atoms with Crippen LogP contribution in [0, 0.1) is 11.8 Å². The van der Waals surface area contributed by atoms with Gasteiger partial charge in [0, 0.05) is 31.5 Å². The summed E-state index contributed by atoms with van der Waals surface area (Å²) in [6, 6.07) is 9.33. The number of nitrogens with one attached hydrogen (secondary N) is 3. The van der Waals surface area contributed by atoms with Gasteiger partial charge < -0.3 is 20.9 Å². The van der Waals surface area contributed by atoms with E-state index >= 15 is 0 Å². The molecular formula is C30H45N5. The third-order valence-corrected chi connectivity index (χ3v) is 7.03. The first-order valence-electron chi connectivity index (χ1n) is 13.2. The molecule has 1 aliphatic heterocycles. The monoisotopic (exact) mass is 475 g/mol. The van der Waals surface area contributed by atoms with E-state index in [1.807, 2.05) is 7.05 Å². The number of aliphatic imine (C=N–C) groups is 1. The molecule has 1 heterocycles. The third-order valence-electron chi connectivity index (χ3n) is 7.03. The van der Waals surface area contributed by atoms with Gasteiger partial charge in [-0.15, -0.1) is 0 Å². The van der Waals surface area contributed by atoms with Crippen LogP contribution in [0.2, 0.25) is 0 Å². The lowest BCUT2D eigenvalue weighted by Gasteiger charge is -2.25. The van der Waals surface area contributed by atoms with Crippen LogP contribution in [0.25, 0.3) is 0 Å². The van der Waals surface area contributed by atoms with Gasteiger partial charge in [0.25, 0.3) is 0 Å². The first-order chi connectivity index (χ1) is 17.0. The first kappa shape index (κ1) is 27.0. The van der Waals surface area contributed by atoms with E-state index in [-0.39, 0.29) is 0 Å². The lowest BCUT2D eigenvalue weighted by molar-refractivity contribution is 0.443. The predicted octanol–water partition coefficient (Wildman–Crippen LogP) is 4.81. The average Bonchev–Trinajstić information content (AvgIpc) is 3.30. The van der Waals surface area contributed by atoms with Gasteiger partial charge in [0.2, 0.25) is 0 Å². The Morgan fingerprint density at radius 1 is 1.20 bits per heavy atom. The molecule has 0 amide bonds. The molecule has 0 radical (unpaired) electrons. The molecule has 0 saturated heterocycles. The summed E-state index contributed by atoms with van der Waals surface area (Å²) in [5.41, 5.74) is 5.99. The number of allylic oxidation sites excluding steroid dienone is 2. The average molecular weight is 476 g/mol. The summed E-state index contributed by atoms with van der Waals surface area (Å²) < 4.78 is 0. The molecule has 2 atom stereocenters. The Morgan fingerprint density at radius 3 is 2.60 bits per heavy atom. The molecule has 35 heavy (non-hydrogen) atoms. The van der Waals surface area contributed by atoms with Crippen molar-refractivity contribution in [2.45, 2.75) is 52.0 Å². The molecule has 3 rings (SSSR count). The molecule has 1 aromatic carbocycles. The molecule has 5 heteroatoms. The number of fused-ring (bicyclic) bond motifs is 1. The molecule has 0 bridgehead atoms. The topological polar surface area (TPSA) is 51.7 Å². The minimum Gasteiger partial charge on any atom is -0.383 e. The van der Waals surface area contributed by atoms with Crippen molar-refractivity contribution in [3.05, 3.63) is 83.5 Å². The lowest BCUT2D eigenvalue weighted by Crippen LogP contribution is -2.36. The van der Waals surface area contributed by atoms with Gasteiger partial charge in [-0.05, 0) is 81.1 Å². The van der Waals surface area contributed by atoms with Crippen molar-refractivity contribution in [3.8, 4) is 0 Å². The maximum atomic E-state index is 4.28. The Morgan fingerprint density at radius 2 is 1.94 bits per heavy atom. The quantitative estimate of drug-likeness (QED) is 0.252. The van der Waals surface area contributed by atoms with Gasteiger partial charge >= 0.3 is 0 Å². The molecule has 1 aliphatic carbocycles. The fraction of sp³-hybridized carbons (Fsp3) is 0.500. The fourth-order valence-corrected chi connectivity index (χ4v) is 4.98. The lowest BCUT2D eigenvalue weighted by atomic mass is 9.90. The molecule has 2 aliphatic rings. The molecule has 1 aromatic rings. The molecule has 0 spiro atoms. The third kappa shape index (κ3) is 8.22. The van der Waals surface area contributed by atoms with Gasteiger partial charge in [-0.1, -0.05) is 63.3 Å². The minimum atomic E-state index is 0.480. The first-order valence-corrected chi connectivity index (χ1v) is 13.2. The number of rotatable bonds is 15. The Bertz CT molecular complexity index is 903. The van der Waals surface area contributed by atoms with Crippen molar-refractivity contribution in [2.24, 2.45) is 16.8 Å². The zero-order valence-electron chi connectivity index (χ0n) is 22.0. The summed E-state index contributed by atoms with van der Waals surface area (Å²) in [6.07, 6.45) is 14.6. The normalized spacial score (nSPS) is 17.6. The summed E-state index contributed by atoms with van der Waals surface area (Å²) in [4.78, 5) is 6.48. The second-order valence-corrected chi connectivity index (χ2v) is 10.0. The molecule has 5 nitrogen and oxygen atoms in total. The van der Waals surface area contributed by atoms with Crippen LogP contribution in [0.3, 0.4) is 0 Å². The van der Waals surface area contributed by atoms with Crippen LogP contribution in [0.15, 0.2) is 77.4 Å². The van der Waals surface area contributed by atoms with Gasteiger partial charge in [-0.25, -0.2) is 0 Å². The molecule has 2 unspecified atom stereocenters. The van der Waals surface area contributed by atoms with Crippen LogP contribution in [-0.4, -0.2) is 50.9 Å². The van der Waals surface area contributed by atoms with E-state index in [1.54, 1.807) is 0 Å². The zero-order valence-corrected chi connectivity index (χ0v) is 22.0. The molecule has 190 valence electrons. The van der Waals surface area contributed by atoms with Crippen LogP contribution in [-0.2, 0) is 12.8 Å². The van der Waals surface area contributed by atoms with E-state index in [4.69, 9.17) is 0 Å². The van der Waals surface area contributed by atoms with E-state index < -0.39 is 0 Å². The van der Waals surface area contributed by atoms with Crippen molar-refractivity contribution in [2.75, 3.05) is 33.2 Å². The Hall–Kier alpha value is -2.63. The number of nitrogens with zero attached hydrogens (tertiary/aromatic N) is 2. The zero-order chi connectivity index (χ0) is 25.0. The smallest absolute Gasteiger partial charge is 0.101 e. The SMILES string of the molecule is C=N/C(=C\N1C=C(C(CCC)CCNC)C=CC1)C(=C)NCC(C)CNC1Cc2ccccc2C1. The van der Waals surface area contributed by atoms with E-state index in [0.29, 0.717) is 17.9 Å². The maximum Gasteiger partial charge on any atom is 0.101 e. The summed E-state index contributed by atoms with van der Waals surface area (Å²) >= 11 is 0. The standard InChI is InChI=1S/C30H45N5/c1-6-10-25(14-15-31-4)28-13-9-16-35(21-28)22-30(32-5)24(3)33-19-23(2)20-34-29-17-26-11-7-8-12-27(26)18-29/h7-9,11-13,21-23,25,29,31,33-34H,3,5-6,10,14-20H2,1-2,4H3/b30-22-. The van der Waals surface area contributed by atoms with Crippen LogP contribution >= 0.6 is 0 Å². The number of benzene rings is 1. The fourth-order valence-electron chi connectivity index (χ4n) is 4.98. The van der Waals surface area contributed by atoms with Gasteiger partial charge in [0.05, 0.1) is 5.70 Å². The highest BCUT2D eigenvalue weighted by atomic mass is 15.1. The van der Waals surface area contributed by atoms with Gasteiger partial charge in [-0.3, -0.25) is 4.99 Å². The Labute approximate surface area is 213 Å². The van der Waals surface area contributed by atoms with E-state index in [1.165, 1.54) is 29.5 Å². The maximum absolute atomic E-state index is 4.28. The van der Waals surface area contributed by atoms with Crippen LogP contribution in [0.1, 0.15) is 44.2 Å². The Balaban J connectivity index is 1.48. The number of hydrogen-bond donors (Lipinski definition) is 3. The molecule has 0 fully saturated rings. The largest absolute Gasteiger partial charge is 0.383 e. The van der Waals surface area contributed by atoms with Crippen molar-refractivity contribution >= 4 is 6.72 Å².